The first kappa shape index (κ1) is 14.3. The number of esters is 1. The molecule has 18 heavy (non-hydrogen) atoms. The van der Waals surface area contributed by atoms with Crippen LogP contribution in [-0.4, -0.2) is 12.6 Å². The molecule has 92 valence electrons. The maximum absolute atomic E-state index is 11.5. The first-order valence-corrected chi connectivity index (χ1v) is 5.69. The van der Waals surface area contributed by atoms with E-state index in [4.69, 9.17) is 33.2 Å². The molecule has 0 aliphatic rings. The largest absolute Gasteiger partial charge is 0.457 e. The molecule has 0 aliphatic heterocycles. The van der Waals surface area contributed by atoms with Crippen LogP contribution in [0, 0.1) is 11.3 Å². The van der Waals surface area contributed by atoms with Crippen molar-refractivity contribution in [3.05, 3.63) is 52.0 Å². The second kappa shape index (κ2) is 6.85. The van der Waals surface area contributed by atoms with Crippen molar-refractivity contribution in [2.45, 2.75) is 0 Å². The van der Waals surface area contributed by atoms with Gasteiger partial charge in [-0.25, -0.2) is 4.79 Å². The third kappa shape index (κ3) is 3.92. The predicted molar refractivity (Wildman–Crippen MR) is 71.2 cm³/mol. The Morgan fingerprint density at radius 3 is 2.78 bits per heavy atom. The molecule has 0 fully saturated rings. The van der Waals surface area contributed by atoms with Gasteiger partial charge in [0.2, 0.25) is 0 Å². The van der Waals surface area contributed by atoms with Crippen molar-refractivity contribution in [1.82, 2.24) is 0 Å². The minimum absolute atomic E-state index is 0.0478. The highest BCUT2D eigenvalue weighted by molar-refractivity contribution is 6.35. The van der Waals surface area contributed by atoms with E-state index in [1.165, 1.54) is 18.2 Å². The lowest BCUT2D eigenvalue weighted by molar-refractivity contribution is -0.137. The number of rotatable bonds is 4. The second-order valence-corrected chi connectivity index (χ2v) is 4.07. The fourth-order valence-corrected chi connectivity index (χ4v) is 1.59. The Hall–Kier alpha value is -1.76. The molecule has 3 nitrogen and oxygen atoms in total. The summed E-state index contributed by atoms with van der Waals surface area (Å²) >= 11 is 11.7. The monoisotopic (exact) mass is 281 g/mol. The average Bonchev–Trinajstić information content (AvgIpc) is 2.35. The number of nitriles is 1. The predicted octanol–water partition coefficient (Wildman–Crippen LogP) is 3.63. The summed E-state index contributed by atoms with van der Waals surface area (Å²) in [5.74, 6) is -0.719. The Kier molecular flexibility index (Phi) is 5.44. The molecule has 1 aromatic rings. The van der Waals surface area contributed by atoms with E-state index in [0.29, 0.717) is 15.6 Å². The number of halogens is 2. The molecule has 0 heterocycles. The fraction of sp³-hybridized carbons (Fsp3) is 0.0769. The lowest BCUT2D eigenvalue weighted by Gasteiger charge is -2.02. The molecule has 0 N–H and O–H groups in total. The summed E-state index contributed by atoms with van der Waals surface area (Å²) in [5, 5.41) is 9.72. The van der Waals surface area contributed by atoms with E-state index in [0.717, 1.165) is 0 Å². The molecule has 0 aromatic heterocycles. The van der Waals surface area contributed by atoms with Crippen molar-refractivity contribution < 1.29 is 9.53 Å². The van der Waals surface area contributed by atoms with Crippen LogP contribution in [0.5, 0.6) is 0 Å². The number of ether oxygens (including phenoxy) is 1. The lowest BCUT2D eigenvalue weighted by Crippen LogP contribution is -2.06. The summed E-state index contributed by atoms with van der Waals surface area (Å²) in [6.45, 7) is 3.46. The van der Waals surface area contributed by atoms with Gasteiger partial charge in [-0.1, -0.05) is 41.9 Å². The van der Waals surface area contributed by atoms with Gasteiger partial charge in [0, 0.05) is 10.0 Å². The Bertz CT molecular complexity index is 544. The maximum atomic E-state index is 11.5. The van der Waals surface area contributed by atoms with Crippen LogP contribution in [0.15, 0.2) is 36.4 Å². The van der Waals surface area contributed by atoms with Gasteiger partial charge in [0.15, 0.2) is 0 Å². The van der Waals surface area contributed by atoms with E-state index >= 15 is 0 Å². The number of hydrogen-bond donors (Lipinski definition) is 0. The third-order valence-corrected chi connectivity index (χ3v) is 2.50. The highest BCUT2D eigenvalue weighted by atomic mass is 35.5. The molecule has 0 radical (unpaired) electrons. The number of nitrogens with zero attached hydrogens (tertiary/aromatic N) is 1. The molecule has 0 saturated heterocycles. The zero-order valence-electron chi connectivity index (χ0n) is 9.32. The molecule has 0 aliphatic carbocycles. The van der Waals surface area contributed by atoms with Gasteiger partial charge >= 0.3 is 5.97 Å². The standard InChI is InChI=1S/C13H9Cl2NO2/c1-2-5-18-13(17)10(8-16)6-9-3-4-11(14)7-12(9)15/h2-4,6-7H,1,5H2. The summed E-state index contributed by atoms with van der Waals surface area (Å²) in [6.07, 6.45) is 2.77. The maximum Gasteiger partial charge on any atom is 0.349 e. The van der Waals surface area contributed by atoms with Crippen LogP contribution >= 0.6 is 23.2 Å². The van der Waals surface area contributed by atoms with E-state index in [-0.39, 0.29) is 12.2 Å². The number of carbonyl (C=O) groups is 1. The number of hydrogen-bond acceptors (Lipinski definition) is 3. The minimum Gasteiger partial charge on any atom is -0.457 e. The van der Waals surface area contributed by atoms with E-state index in [9.17, 15) is 4.79 Å². The van der Waals surface area contributed by atoms with Crippen molar-refractivity contribution in [3.8, 4) is 6.07 Å². The van der Waals surface area contributed by atoms with E-state index in [1.54, 1.807) is 18.2 Å². The van der Waals surface area contributed by atoms with Crippen LogP contribution in [0.1, 0.15) is 5.56 Å². The van der Waals surface area contributed by atoms with Crippen molar-refractivity contribution in [2.75, 3.05) is 6.61 Å². The Morgan fingerprint density at radius 1 is 1.50 bits per heavy atom. The normalized spacial score (nSPS) is 10.6. The fourth-order valence-electron chi connectivity index (χ4n) is 1.12. The third-order valence-electron chi connectivity index (χ3n) is 1.93. The summed E-state index contributed by atoms with van der Waals surface area (Å²) in [5.41, 5.74) is 0.384. The van der Waals surface area contributed by atoms with E-state index < -0.39 is 5.97 Å². The van der Waals surface area contributed by atoms with Crippen LogP contribution in [0.3, 0.4) is 0 Å². The molecule has 0 saturated carbocycles. The van der Waals surface area contributed by atoms with E-state index in [1.807, 2.05) is 0 Å². The van der Waals surface area contributed by atoms with Gasteiger partial charge in [-0.05, 0) is 23.8 Å². The smallest absolute Gasteiger partial charge is 0.349 e. The van der Waals surface area contributed by atoms with Gasteiger partial charge in [-0.2, -0.15) is 5.26 Å². The first-order valence-electron chi connectivity index (χ1n) is 4.93. The van der Waals surface area contributed by atoms with Crippen molar-refractivity contribution in [1.29, 1.82) is 5.26 Å². The van der Waals surface area contributed by atoms with Crippen LogP contribution in [0.25, 0.3) is 6.08 Å². The molecule has 0 spiro atoms. The molecule has 0 bridgehead atoms. The second-order valence-electron chi connectivity index (χ2n) is 3.22. The van der Waals surface area contributed by atoms with Crippen LogP contribution in [-0.2, 0) is 9.53 Å². The Morgan fingerprint density at radius 2 is 2.22 bits per heavy atom. The SMILES string of the molecule is C=CCOC(=O)C(C#N)=Cc1ccc(Cl)cc1Cl. The Labute approximate surface area is 115 Å². The molecule has 0 atom stereocenters. The summed E-state index contributed by atoms with van der Waals surface area (Å²) in [7, 11) is 0. The van der Waals surface area contributed by atoms with Crippen molar-refractivity contribution in [2.24, 2.45) is 0 Å². The van der Waals surface area contributed by atoms with Gasteiger partial charge in [-0.3, -0.25) is 0 Å². The first-order chi connectivity index (χ1) is 8.58. The topological polar surface area (TPSA) is 50.1 Å². The molecule has 1 aromatic carbocycles. The van der Waals surface area contributed by atoms with Crippen molar-refractivity contribution in [3.63, 3.8) is 0 Å². The van der Waals surface area contributed by atoms with Crippen molar-refractivity contribution >= 4 is 35.2 Å². The van der Waals surface area contributed by atoms with Crippen LogP contribution in [0.2, 0.25) is 10.0 Å². The minimum atomic E-state index is -0.719. The summed E-state index contributed by atoms with van der Waals surface area (Å²) in [4.78, 5) is 11.5. The Balaban J connectivity index is 3.01. The molecule has 0 amide bonds. The van der Waals surface area contributed by atoms with Crippen LogP contribution < -0.4 is 0 Å². The molecular formula is C13H9Cl2NO2. The number of carbonyl (C=O) groups excluding carboxylic acids is 1. The van der Waals surface area contributed by atoms with Gasteiger partial charge in [0.05, 0.1) is 0 Å². The highest BCUT2D eigenvalue weighted by Gasteiger charge is 2.11. The van der Waals surface area contributed by atoms with Crippen LogP contribution in [0.4, 0.5) is 0 Å². The summed E-state index contributed by atoms with van der Waals surface area (Å²) in [6, 6.07) is 6.52. The van der Waals surface area contributed by atoms with E-state index in [2.05, 4.69) is 6.58 Å². The summed E-state index contributed by atoms with van der Waals surface area (Å²) < 4.78 is 4.76. The quantitative estimate of drug-likeness (QED) is 0.367. The molecule has 1 rings (SSSR count). The molecular weight excluding hydrogens is 273 g/mol. The number of benzene rings is 1. The zero-order valence-corrected chi connectivity index (χ0v) is 10.8. The zero-order chi connectivity index (χ0) is 13.5. The van der Waals surface area contributed by atoms with Gasteiger partial charge in [0.1, 0.15) is 18.2 Å². The van der Waals surface area contributed by atoms with Gasteiger partial charge in [-0.15, -0.1) is 0 Å². The lowest BCUT2D eigenvalue weighted by atomic mass is 10.1. The molecule has 5 heteroatoms. The van der Waals surface area contributed by atoms with Gasteiger partial charge in [0.25, 0.3) is 0 Å². The average molecular weight is 282 g/mol. The highest BCUT2D eigenvalue weighted by Crippen LogP contribution is 2.23. The molecule has 0 unspecified atom stereocenters. The van der Waals surface area contributed by atoms with Gasteiger partial charge < -0.3 is 4.74 Å².